The highest BCUT2D eigenvalue weighted by Crippen LogP contribution is 2.19. The topological polar surface area (TPSA) is 90.2 Å². The van der Waals surface area contributed by atoms with Gasteiger partial charge in [0.15, 0.2) is 0 Å². The van der Waals surface area contributed by atoms with Gasteiger partial charge in [-0.1, -0.05) is 58.1 Å². The third kappa shape index (κ3) is 15.2. The number of aliphatic hydroxyl groups excluding tert-OH is 4. The van der Waals surface area contributed by atoms with E-state index in [4.69, 9.17) is 9.84 Å². The minimum atomic E-state index is -1.38. The molecule has 0 spiro atoms. The Morgan fingerprint density at radius 2 is 1.59 bits per heavy atom. The van der Waals surface area contributed by atoms with Crippen LogP contribution in [0.2, 0.25) is 0 Å². The van der Waals surface area contributed by atoms with Gasteiger partial charge in [-0.05, 0) is 44.4 Å². The van der Waals surface area contributed by atoms with Crippen molar-refractivity contribution in [1.29, 1.82) is 0 Å². The highest BCUT2D eigenvalue weighted by Gasteiger charge is 2.23. The monoisotopic (exact) mass is 388 g/mol. The summed E-state index contributed by atoms with van der Waals surface area (Å²) in [6.07, 6.45) is 7.86. The quantitative estimate of drug-likeness (QED) is 0.226. The molecule has 0 aromatic carbocycles. The summed E-state index contributed by atoms with van der Waals surface area (Å²) < 4.78 is 5.33. The molecule has 0 radical (unpaired) electrons. The van der Waals surface area contributed by atoms with E-state index < -0.39 is 24.9 Å². The molecular formula is C22H44O5. The van der Waals surface area contributed by atoms with Gasteiger partial charge < -0.3 is 25.2 Å². The first-order valence-corrected chi connectivity index (χ1v) is 10.7. The van der Waals surface area contributed by atoms with Gasteiger partial charge in [0, 0.05) is 6.61 Å². The molecule has 4 unspecified atom stereocenters. The normalized spacial score (nSPS) is 17.1. The Bertz CT molecular complexity index is 370. The van der Waals surface area contributed by atoms with Gasteiger partial charge >= 0.3 is 0 Å². The van der Waals surface area contributed by atoms with Crippen molar-refractivity contribution in [3.05, 3.63) is 11.6 Å². The minimum Gasteiger partial charge on any atom is -0.394 e. The zero-order valence-electron chi connectivity index (χ0n) is 17.9. The van der Waals surface area contributed by atoms with E-state index in [1.165, 1.54) is 37.7 Å². The molecule has 4 atom stereocenters. The molecule has 0 bridgehead atoms. The van der Waals surface area contributed by atoms with Crippen molar-refractivity contribution < 1.29 is 25.2 Å². The summed E-state index contributed by atoms with van der Waals surface area (Å²) in [6.45, 7) is 8.99. The highest BCUT2D eigenvalue weighted by molar-refractivity contribution is 4.97. The van der Waals surface area contributed by atoms with E-state index in [1.54, 1.807) is 0 Å². The third-order valence-electron chi connectivity index (χ3n) is 5.00. The van der Waals surface area contributed by atoms with Gasteiger partial charge in [0.25, 0.3) is 0 Å². The Morgan fingerprint density at radius 1 is 0.926 bits per heavy atom. The predicted octanol–water partition coefficient (Wildman–Crippen LogP) is 3.44. The molecule has 0 amide bonds. The molecule has 0 aromatic rings. The number of allylic oxidation sites excluding steroid dienone is 2. The van der Waals surface area contributed by atoms with Crippen LogP contribution in [-0.4, -0.2) is 58.6 Å². The summed E-state index contributed by atoms with van der Waals surface area (Å²) >= 11 is 0. The second kappa shape index (κ2) is 16.5. The molecule has 0 fully saturated rings. The van der Waals surface area contributed by atoms with Crippen LogP contribution in [0.25, 0.3) is 0 Å². The van der Waals surface area contributed by atoms with E-state index in [9.17, 15) is 15.3 Å². The molecule has 5 nitrogen and oxygen atoms in total. The van der Waals surface area contributed by atoms with E-state index in [0.29, 0.717) is 6.61 Å². The fourth-order valence-electron chi connectivity index (χ4n) is 3.05. The van der Waals surface area contributed by atoms with Gasteiger partial charge in [0.1, 0.15) is 18.3 Å². The number of hydrogen-bond acceptors (Lipinski definition) is 5. The molecular weight excluding hydrogens is 344 g/mol. The molecule has 0 saturated heterocycles. The zero-order valence-corrected chi connectivity index (χ0v) is 17.9. The van der Waals surface area contributed by atoms with E-state index in [1.807, 2.05) is 0 Å². The number of hydrogen-bond donors (Lipinski definition) is 4. The van der Waals surface area contributed by atoms with Gasteiger partial charge in [-0.25, -0.2) is 0 Å². The zero-order chi connectivity index (χ0) is 20.7. The first kappa shape index (κ1) is 26.5. The number of ether oxygens (including phenoxy) is 1. The molecule has 0 rings (SSSR count). The van der Waals surface area contributed by atoms with Crippen LogP contribution in [0.3, 0.4) is 0 Å². The molecule has 0 aromatic heterocycles. The minimum absolute atomic E-state index is 0.0460. The molecule has 162 valence electrons. The van der Waals surface area contributed by atoms with Gasteiger partial charge in [-0.2, -0.15) is 0 Å². The lowest BCUT2D eigenvalue weighted by Gasteiger charge is -2.21. The van der Waals surface area contributed by atoms with Gasteiger partial charge in [0.05, 0.1) is 13.2 Å². The predicted molar refractivity (Wildman–Crippen MR) is 111 cm³/mol. The van der Waals surface area contributed by atoms with Crippen molar-refractivity contribution in [3.63, 3.8) is 0 Å². The van der Waals surface area contributed by atoms with Crippen molar-refractivity contribution in [2.24, 2.45) is 11.8 Å². The Kier molecular flexibility index (Phi) is 16.2. The molecule has 0 aliphatic heterocycles. The lowest BCUT2D eigenvalue weighted by atomic mass is 9.94. The molecule has 0 heterocycles. The van der Waals surface area contributed by atoms with Crippen molar-refractivity contribution in [2.75, 3.05) is 19.8 Å². The lowest BCUT2D eigenvalue weighted by Crippen LogP contribution is -2.41. The van der Waals surface area contributed by atoms with E-state index in [0.717, 1.165) is 31.1 Å². The van der Waals surface area contributed by atoms with Gasteiger partial charge in [-0.15, -0.1) is 0 Å². The first-order chi connectivity index (χ1) is 12.8. The largest absolute Gasteiger partial charge is 0.394 e. The van der Waals surface area contributed by atoms with Gasteiger partial charge in [0.2, 0.25) is 0 Å². The van der Waals surface area contributed by atoms with Crippen molar-refractivity contribution in [2.45, 2.75) is 97.4 Å². The van der Waals surface area contributed by atoms with Crippen LogP contribution in [0.15, 0.2) is 11.6 Å². The molecule has 27 heavy (non-hydrogen) atoms. The third-order valence-corrected chi connectivity index (χ3v) is 5.00. The van der Waals surface area contributed by atoms with Crippen molar-refractivity contribution in [1.82, 2.24) is 0 Å². The van der Waals surface area contributed by atoms with E-state index in [-0.39, 0.29) is 6.61 Å². The van der Waals surface area contributed by atoms with Crippen LogP contribution in [0, 0.1) is 11.8 Å². The maximum atomic E-state index is 9.63. The summed E-state index contributed by atoms with van der Waals surface area (Å²) in [5, 5.41) is 37.1. The van der Waals surface area contributed by atoms with Crippen LogP contribution in [0.5, 0.6) is 0 Å². The second-order valence-corrected chi connectivity index (χ2v) is 8.40. The average Bonchev–Trinajstić information content (AvgIpc) is 2.62. The van der Waals surface area contributed by atoms with Crippen molar-refractivity contribution >= 4 is 0 Å². The maximum absolute atomic E-state index is 9.63. The Morgan fingerprint density at radius 3 is 2.22 bits per heavy atom. The molecule has 4 N–H and O–H groups in total. The highest BCUT2D eigenvalue weighted by atomic mass is 16.5. The molecule has 0 aliphatic carbocycles. The summed E-state index contributed by atoms with van der Waals surface area (Å²) in [7, 11) is 0. The van der Waals surface area contributed by atoms with E-state index in [2.05, 4.69) is 33.8 Å². The van der Waals surface area contributed by atoms with E-state index >= 15 is 0 Å². The molecule has 5 heteroatoms. The second-order valence-electron chi connectivity index (χ2n) is 8.40. The fraction of sp³-hybridized carbons (Fsp3) is 0.909. The van der Waals surface area contributed by atoms with Gasteiger partial charge in [-0.3, -0.25) is 0 Å². The Labute approximate surface area is 166 Å². The first-order valence-electron chi connectivity index (χ1n) is 10.7. The molecule has 0 saturated carbocycles. The summed E-state index contributed by atoms with van der Waals surface area (Å²) in [5.41, 5.74) is 1.42. The SMILES string of the molecule is C/C(=C\CCCOCC(O)C(O)C(O)CO)CCCC(C)CCCC(C)C. The van der Waals surface area contributed by atoms with Crippen molar-refractivity contribution in [3.8, 4) is 0 Å². The standard InChI is InChI=1S/C22H44O5/c1-17(2)9-7-11-19(4)13-8-12-18(3)10-5-6-14-27-16-21(25)22(26)20(24)15-23/h10,17,19-26H,5-9,11-16H2,1-4H3/b18-10+. The van der Waals surface area contributed by atoms with Crippen LogP contribution < -0.4 is 0 Å². The Balaban J connectivity index is 3.68. The van der Waals surface area contributed by atoms with Crippen LogP contribution in [0.4, 0.5) is 0 Å². The lowest BCUT2D eigenvalue weighted by molar-refractivity contribution is -0.0996. The number of aliphatic hydroxyl groups is 4. The Hall–Kier alpha value is -0.460. The van der Waals surface area contributed by atoms with Crippen LogP contribution >= 0.6 is 0 Å². The molecule has 0 aliphatic rings. The summed E-state index contributed by atoms with van der Waals surface area (Å²) in [6, 6.07) is 0. The number of rotatable bonds is 17. The van der Waals surface area contributed by atoms with Crippen LogP contribution in [0.1, 0.15) is 79.1 Å². The smallest absolute Gasteiger partial charge is 0.110 e. The maximum Gasteiger partial charge on any atom is 0.110 e. The van der Waals surface area contributed by atoms with Crippen LogP contribution in [-0.2, 0) is 4.74 Å². The average molecular weight is 389 g/mol. The fourth-order valence-corrected chi connectivity index (χ4v) is 3.05. The summed E-state index contributed by atoms with van der Waals surface area (Å²) in [5.74, 6) is 1.63. The number of unbranched alkanes of at least 4 members (excludes halogenated alkanes) is 1. The summed E-state index contributed by atoms with van der Waals surface area (Å²) in [4.78, 5) is 0.